The summed E-state index contributed by atoms with van der Waals surface area (Å²) in [5, 5.41) is 0. The monoisotopic (exact) mass is 445 g/mol. The minimum absolute atomic E-state index is 0.0582. The van der Waals surface area contributed by atoms with Crippen LogP contribution in [0.4, 0.5) is 8.78 Å². The fraction of sp³-hybridized carbons (Fsp3) is 0.273. The molecule has 0 radical (unpaired) electrons. The predicted molar refractivity (Wildman–Crippen MR) is 113 cm³/mol. The minimum atomic E-state index is -0.926. The summed E-state index contributed by atoms with van der Waals surface area (Å²) >= 11 is 1.17. The van der Waals surface area contributed by atoms with Gasteiger partial charge in [-0.15, -0.1) is 11.8 Å². The van der Waals surface area contributed by atoms with Crippen molar-refractivity contribution in [3.8, 4) is 22.8 Å². The molecule has 0 bridgehead atoms. The van der Waals surface area contributed by atoms with Gasteiger partial charge < -0.3 is 19.4 Å². The van der Waals surface area contributed by atoms with E-state index in [1.54, 1.807) is 11.1 Å². The fourth-order valence-corrected chi connectivity index (χ4v) is 3.98. The average molecular weight is 445 g/mol. The number of fused-ring (bicyclic) bond motifs is 1. The number of H-pyrrole nitrogens is 1. The molecule has 2 aromatic carbocycles. The lowest BCUT2D eigenvalue weighted by molar-refractivity contribution is -0.130. The van der Waals surface area contributed by atoms with Gasteiger partial charge in [0.1, 0.15) is 5.82 Å². The number of thioether (sulfide) groups is 1. The van der Waals surface area contributed by atoms with Crippen LogP contribution in [0.15, 0.2) is 47.5 Å². The first-order valence-electron chi connectivity index (χ1n) is 9.72. The highest BCUT2D eigenvalue weighted by Crippen LogP contribution is 2.35. The molecule has 0 aliphatic carbocycles. The molecule has 2 heterocycles. The smallest absolute Gasteiger partial charge is 0.233 e. The number of nitrogens with one attached hydrogen (secondary N) is 1. The van der Waals surface area contributed by atoms with Crippen LogP contribution >= 0.6 is 11.8 Å². The van der Waals surface area contributed by atoms with Crippen LogP contribution in [0.2, 0.25) is 0 Å². The lowest BCUT2D eigenvalue weighted by Gasteiger charge is -2.25. The van der Waals surface area contributed by atoms with Crippen LogP contribution in [-0.2, 0) is 11.3 Å². The van der Waals surface area contributed by atoms with Crippen molar-refractivity contribution in [1.82, 2.24) is 14.9 Å². The predicted octanol–water partition coefficient (Wildman–Crippen LogP) is 4.61. The van der Waals surface area contributed by atoms with E-state index in [0.29, 0.717) is 28.8 Å². The maximum absolute atomic E-state index is 13.4. The summed E-state index contributed by atoms with van der Waals surface area (Å²) in [6.07, 6.45) is 1.71. The molecule has 31 heavy (non-hydrogen) atoms. The summed E-state index contributed by atoms with van der Waals surface area (Å²) < 4.78 is 37.2. The van der Waals surface area contributed by atoms with Gasteiger partial charge in [-0.25, -0.2) is 13.8 Å². The number of hydrogen-bond acceptors (Lipinski definition) is 5. The summed E-state index contributed by atoms with van der Waals surface area (Å²) in [7, 11) is 0. The highest BCUT2D eigenvalue weighted by atomic mass is 32.2. The SMILES string of the molecule is CC(C)N(Cc1ncc(-c2ccc3c(c2)OCO3)[nH]1)C(=O)CSc1ccc(F)c(F)c1. The first kappa shape index (κ1) is 21.2. The van der Waals surface area contributed by atoms with Crippen LogP contribution in [0.5, 0.6) is 11.5 Å². The molecule has 4 rings (SSSR count). The number of halogens is 2. The molecular formula is C22H21F2N3O3S. The van der Waals surface area contributed by atoms with Gasteiger partial charge in [-0.05, 0) is 50.2 Å². The van der Waals surface area contributed by atoms with E-state index in [1.165, 1.54) is 17.8 Å². The number of rotatable bonds is 7. The summed E-state index contributed by atoms with van der Waals surface area (Å²) in [4.78, 5) is 22.6. The Hall–Kier alpha value is -3.07. The summed E-state index contributed by atoms with van der Waals surface area (Å²) in [5.74, 6) is 0.193. The molecule has 1 amide bonds. The van der Waals surface area contributed by atoms with Gasteiger partial charge in [0.15, 0.2) is 23.1 Å². The molecule has 1 aliphatic heterocycles. The van der Waals surface area contributed by atoms with E-state index in [2.05, 4.69) is 9.97 Å². The van der Waals surface area contributed by atoms with Crippen molar-refractivity contribution in [3.63, 3.8) is 0 Å². The van der Waals surface area contributed by atoms with Gasteiger partial charge in [0.05, 0.1) is 24.2 Å². The minimum Gasteiger partial charge on any atom is -0.454 e. The number of benzene rings is 2. The van der Waals surface area contributed by atoms with Crippen LogP contribution < -0.4 is 9.47 Å². The van der Waals surface area contributed by atoms with E-state index in [4.69, 9.17) is 9.47 Å². The number of amides is 1. The number of aromatic amines is 1. The van der Waals surface area contributed by atoms with Crippen molar-refractivity contribution in [2.24, 2.45) is 0 Å². The van der Waals surface area contributed by atoms with Crippen LogP contribution in [0.3, 0.4) is 0 Å². The van der Waals surface area contributed by atoms with Gasteiger partial charge in [-0.1, -0.05) is 0 Å². The van der Waals surface area contributed by atoms with Crippen molar-refractivity contribution in [3.05, 3.63) is 60.1 Å². The van der Waals surface area contributed by atoms with Crippen LogP contribution in [0.25, 0.3) is 11.3 Å². The molecule has 9 heteroatoms. The van der Waals surface area contributed by atoms with Gasteiger partial charge in [0.2, 0.25) is 12.7 Å². The Labute approximate surface area is 182 Å². The molecule has 1 N–H and O–H groups in total. The molecule has 1 aliphatic rings. The Morgan fingerprint density at radius 1 is 1.16 bits per heavy atom. The quantitative estimate of drug-likeness (QED) is 0.538. The molecule has 1 aromatic heterocycles. The molecule has 0 spiro atoms. The van der Waals surface area contributed by atoms with Crippen LogP contribution in [-0.4, -0.2) is 39.4 Å². The molecule has 0 saturated heterocycles. The topological polar surface area (TPSA) is 67.5 Å². The Balaban J connectivity index is 1.42. The zero-order chi connectivity index (χ0) is 22.0. The number of imidazole rings is 1. The Kier molecular flexibility index (Phi) is 6.13. The van der Waals surface area contributed by atoms with Crippen molar-refractivity contribution in [2.45, 2.75) is 31.3 Å². The molecule has 0 atom stereocenters. The lowest BCUT2D eigenvalue weighted by Crippen LogP contribution is -2.37. The molecule has 0 saturated carbocycles. The summed E-state index contributed by atoms with van der Waals surface area (Å²) in [6, 6.07) is 9.19. The number of carbonyl (C=O) groups is 1. The molecule has 0 fully saturated rings. The fourth-order valence-electron chi connectivity index (χ4n) is 3.17. The number of ether oxygens (including phenoxy) is 2. The van der Waals surface area contributed by atoms with Gasteiger partial charge in [-0.2, -0.15) is 0 Å². The number of hydrogen-bond donors (Lipinski definition) is 1. The van der Waals surface area contributed by atoms with Crippen molar-refractivity contribution in [2.75, 3.05) is 12.5 Å². The van der Waals surface area contributed by atoms with E-state index in [0.717, 1.165) is 23.4 Å². The molecule has 6 nitrogen and oxygen atoms in total. The van der Waals surface area contributed by atoms with Gasteiger partial charge in [-0.3, -0.25) is 4.79 Å². The highest BCUT2D eigenvalue weighted by Gasteiger charge is 2.20. The Morgan fingerprint density at radius 2 is 1.97 bits per heavy atom. The standard InChI is InChI=1S/C22H21F2N3O3S/c1-13(2)27(22(28)11-31-15-4-5-16(23)17(24)8-15)10-21-25-9-18(26-21)14-3-6-19-20(7-14)30-12-29-19/h3-9,13H,10-12H2,1-2H3,(H,25,26). The third-order valence-corrected chi connectivity index (χ3v) is 5.81. The number of nitrogens with zero attached hydrogens (tertiary/aromatic N) is 2. The molecule has 3 aromatic rings. The first-order valence-corrected chi connectivity index (χ1v) is 10.7. The average Bonchev–Trinajstić information content (AvgIpc) is 3.41. The summed E-state index contributed by atoms with van der Waals surface area (Å²) in [6.45, 7) is 4.35. The maximum atomic E-state index is 13.4. The highest BCUT2D eigenvalue weighted by molar-refractivity contribution is 8.00. The van der Waals surface area contributed by atoms with Crippen molar-refractivity contribution >= 4 is 17.7 Å². The molecular weight excluding hydrogens is 424 g/mol. The summed E-state index contributed by atoms with van der Waals surface area (Å²) in [5.41, 5.74) is 1.71. The second-order valence-electron chi connectivity index (χ2n) is 7.29. The van der Waals surface area contributed by atoms with Gasteiger partial charge >= 0.3 is 0 Å². The normalized spacial score (nSPS) is 12.4. The van der Waals surface area contributed by atoms with E-state index >= 15 is 0 Å². The Bertz CT molecular complexity index is 1100. The van der Waals surface area contributed by atoms with Crippen molar-refractivity contribution in [1.29, 1.82) is 0 Å². The molecule has 162 valence electrons. The third-order valence-electron chi connectivity index (χ3n) is 4.83. The molecule has 0 unspecified atom stereocenters. The number of aromatic nitrogens is 2. The van der Waals surface area contributed by atoms with Gasteiger partial charge in [0, 0.05) is 16.5 Å². The Morgan fingerprint density at radius 3 is 2.74 bits per heavy atom. The van der Waals surface area contributed by atoms with E-state index < -0.39 is 11.6 Å². The zero-order valence-corrected chi connectivity index (χ0v) is 17.8. The van der Waals surface area contributed by atoms with E-state index in [1.807, 2.05) is 32.0 Å². The second kappa shape index (κ2) is 8.97. The maximum Gasteiger partial charge on any atom is 0.233 e. The van der Waals surface area contributed by atoms with E-state index in [-0.39, 0.29) is 24.5 Å². The van der Waals surface area contributed by atoms with Gasteiger partial charge in [0.25, 0.3) is 0 Å². The van der Waals surface area contributed by atoms with Crippen LogP contribution in [0.1, 0.15) is 19.7 Å². The van der Waals surface area contributed by atoms with Crippen LogP contribution in [0, 0.1) is 11.6 Å². The largest absolute Gasteiger partial charge is 0.454 e. The second-order valence-corrected chi connectivity index (χ2v) is 8.34. The van der Waals surface area contributed by atoms with Crippen molar-refractivity contribution < 1.29 is 23.0 Å². The third kappa shape index (κ3) is 4.82. The number of carbonyl (C=O) groups excluding carboxylic acids is 1. The van der Waals surface area contributed by atoms with E-state index in [9.17, 15) is 13.6 Å². The lowest BCUT2D eigenvalue weighted by atomic mass is 10.1. The zero-order valence-electron chi connectivity index (χ0n) is 17.0. The first-order chi connectivity index (χ1) is 14.9.